The fourth-order valence-electron chi connectivity index (χ4n) is 1.51. The van der Waals surface area contributed by atoms with E-state index >= 15 is 0 Å². The third kappa shape index (κ3) is 3.03. The number of nitrogens with one attached hydrogen (secondary N) is 1. The quantitative estimate of drug-likeness (QED) is 0.926. The maximum Gasteiger partial charge on any atom is 0.225 e. The van der Waals surface area contributed by atoms with Gasteiger partial charge < -0.3 is 10.1 Å². The summed E-state index contributed by atoms with van der Waals surface area (Å²) in [5, 5.41) is 2.92. The lowest BCUT2D eigenvalue weighted by atomic mass is 10.1. The Morgan fingerprint density at radius 3 is 3.13 bits per heavy atom. The van der Waals surface area contributed by atoms with Gasteiger partial charge in [0.25, 0.3) is 0 Å². The van der Waals surface area contributed by atoms with Crippen molar-refractivity contribution in [3.8, 4) is 0 Å². The smallest absolute Gasteiger partial charge is 0.225 e. The molecule has 2 heterocycles. The Balaban J connectivity index is 1.80. The summed E-state index contributed by atoms with van der Waals surface area (Å²) >= 11 is 5.03. The average Bonchev–Trinajstić information content (AvgIpc) is 2.84. The highest BCUT2D eigenvalue weighted by atomic mass is 79.9. The Kier molecular flexibility index (Phi) is 3.77. The van der Waals surface area contributed by atoms with E-state index in [0.29, 0.717) is 19.8 Å². The van der Waals surface area contributed by atoms with Crippen LogP contribution in [0.3, 0.4) is 0 Å². The minimum Gasteiger partial charge on any atom is -0.381 e. The van der Waals surface area contributed by atoms with Gasteiger partial charge in [-0.25, -0.2) is 0 Å². The highest BCUT2D eigenvalue weighted by Gasteiger charge is 2.22. The molecule has 1 fully saturated rings. The molecular weight excluding hydrogens is 278 g/mol. The summed E-state index contributed by atoms with van der Waals surface area (Å²) in [5.41, 5.74) is 0. The Morgan fingerprint density at radius 1 is 1.67 bits per heavy atom. The van der Waals surface area contributed by atoms with Crippen molar-refractivity contribution in [2.45, 2.75) is 13.0 Å². The molecule has 1 aromatic rings. The van der Waals surface area contributed by atoms with Crippen LogP contribution in [0.5, 0.6) is 0 Å². The lowest BCUT2D eigenvalue weighted by Crippen LogP contribution is -2.30. The molecule has 5 heteroatoms. The molecule has 0 bridgehead atoms. The predicted molar refractivity (Wildman–Crippen MR) is 62.8 cm³/mol. The van der Waals surface area contributed by atoms with Gasteiger partial charge in [-0.3, -0.25) is 4.79 Å². The van der Waals surface area contributed by atoms with Crippen LogP contribution in [-0.4, -0.2) is 19.1 Å². The topological polar surface area (TPSA) is 38.3 Å². The van der Waals surface area contributed by atoms with Crippen LogP contribution in [0.1, 0.15) is 11.3 Å². The summed E-state index contributed by atoms with van der Waals surface area (Å²) in [5.74, 6) is 0.158. The van der Waals surface area contributed by atoms with Gasteiger partial charge in [-0.2, -0.15) is 0 Å². The summed E-state index contributed by atoms with van der Waals surface area (Å²) < 4.78 is 6.26. The molecule has 1 atom stereocenters. The van der Waals surface area contributed by atoms with Crippen molar-refractivity contribution in [1.29, 1.82) is 0 Å². The third-order valence-corrected chi connectivity index (χ3v) is 3.99. The molecule has 0 spiro atoms. The number of amides is 1. The van der Waals surface area contributed by atoms with E-state index < -0.39 is 0 Å². The first-order valence-electron chi connectivity index (χ1n) is 4.85. The fraction of sp³-hybridized carbons (Fsp3) is 0.500. The number of halogens is 1. The molecule has 3 nitrogen and oxygen atoms in total. The second kappa shape index (κ2) is 5.09. The van der Waals surface area contributed by atoms with Crippen molar-refractivity contribution in [2.75, 3.05) is 13.2 Å². The molecule has 0 saturated carbocycles. The Labute approximate surface area is 101 Å². The molecular formula is C10H12BrNO2S. The maximum atomic E-state index is 11.6. The van der Waals surface area contributed by atoms with Crippen molar-refractivity contribution >= 4 is 33.2 Å². The normalized spacial score (nSPS) is 20.5. The van der Waals surface area contributed by atoms with Crippen LogP contribution in [0.4, 0.5) is 0 Å². The van der Waals surface area contributed by atoms with Gasteiger partial charge in [-0.05, 0) is 34.5 Å². The second-order valence-corrected chi connectivity index (χ2v) is 6.03. The molecule has 1 aliphatic heterocycles. The van der Waals surface area contributed by atoms with Crippen molar-refractivity contribution in [3.63, 3.8) is 0 Å². The van der Waals surface area contributed by atoms with Gasteiger partial charge in [0.05, 0.1) is 22.9 Å². The van der Waals surface area contributed by atoms with Crippen molar-refractivity contribution < 1.29 is 9.53 Å². The van der Waals surface area contributed by atoms with Gasteiger partial charge in [-0.1, -0.05) is 0 Å². The largest absolute Gasteiger partial charge is 0.381 e. The molecule has 1 N–H and O–H groups in total. The maximum absolute atomic E-state index is 11.6. The van der Waals surface area contributed by atoms with Gasteiger partial charge in [0.15, 0.2) is 0 Å². The molecule has 15 heavy (non-hydrogen) atoms. The number of thiophene rings is 1. The number of hydrogen-bond donors (Lipinski definition) is 1. The van der Waals surface area contributed by atoms with Crippen LogP contribution in [0.25, 0.3) is 0 Å². The third-order valence-electron chi connectivity index (χ3n) is 2.37. The summed E-state index contributed by atoms with van der Waals surface area (Å²) in [6, 6.07) is 4.00. The molecule has 2 rings (SSSR count). The lowest BCUT2D eigenvalue weighted by Gasteiger charge is -2.07. The van der Waals surface area contributed by atoms with Gasteiger partial charge in [0, 0.05) is 11.5 Å². The zero-order valence-electron chi connectivity index (χ0n) is 8.16. The summed E-state index contributed by atoms with van der Waals surface area (Å²) in [6.45, 7) is 1.90. The minimum atomic E-state index is 0.0494. The predicted octanol–water partition coefficient (Wildman–Crippen LogP) is 2.16. The molecule has 1 aliphatic rings. The van der Waals surface area contributed by atoms with E-state index in [0.717, 1.165) is 15.1 Å². The average molecular weight is 290 g/mol. The second-order valence-electron chi connectivity index (χ2n) is 3.48. The van der Waals surface area contributed by atoms with Crippen LogP contribution < -0.4 is 5.32 Å². The summed E-state index contributed by atoms with van der Waals surface area (Å²) in [7, 11) is 0. The monoisotopic (exact) mass is 289 g/mol. The van der Waals surface area contributed by atoms with Gasteiger partial charge >= 0.3 is 0 Å². The number of hydrogen-bond acceptors (Lipinski definition) is 3. The molecule has 1 amide bonds. The summed E-state index contributed by atoms with van der Waals surface area (Å²) in [6.07, 6.45) is 0.847. The van der Waals surface area contributed by atoms with Crippen LogP contribution >= 0.6 is 27.3 Å². The van der Waals surface area contributed by atoms with Crippen LogP contribution in [0, 0.1) is 5.92 Å². The van der Waals surface area contributed by atoms with Crippen molar-refractivity contribution in [3.05, 3.63) is 20.8 Å². The molecule has 82 valence electrons. The van der Waals surface area contributed by atoms with Crippen molar-refractivity contribution in [2.24, 2.45) is 5.92 Å². The lowest BCUT2D eigenvalue weighted by molar-refractivity contribution is -0.125. The number of ether oxygens (including phenoxy) is 1. The number of carbonyl (C=O) groups is 1. The summed E-state index contributed by atoms with van der Waals surface area (Å²) in [4.78, 5) is 12.8. The number of carbonyl (C=O) groups excluding carboxylic acids is 1. The molecule has 1 aromatic heterocycles. The molecule has 0 aliphatic carbocycles. The van der Waals surface area contributed by atoms with Gasteiger partial charge in [0.1, 0.15) is 0 Å². The Hall–Kier alpha value is -0.390. The Morgan fingerprint density at radius 2 is 2.53 bits per heavy atom. The highest BCUT2D eigenvalue weighted by Crippen LogP contribution is 2.22. The van der Waals surface area contributed by atoms with Crippen molar-refractivity contribution in [1.82, 2.24) is 5.32 Å². The zero-order valence-corrected chi connectivity index (χ0v) is 10.6. The van der Waals surface area contributed by atoms with E-state index in [9.17, 15) is 4.79 Å². The van der Waals surface area contributed by atoms with Gasteiger partial charge in [0.2, 0.25) is 5.91 Å². The molecule has 0 radical (unpaired) electrons. The highest BCUT2D eigenvalue weighted by molar-refractivity contribution is 9.11. The van der Waals surface area contributed by atoms with E-state index in [2.05, 4.69) is 21.2 Å². The first kappa shape index (κ1) is 11.1. The molecule has 1 saturated heterocycles. The van der Waals surface area contributed by atoms with Crippen LogP contribution in [0.2, 0.25) is 0 Å². The SMILES string of the molecule is O=C(NCc1ccc(Br)s1)C1CCOC1. The molecule has 1 unspecified atom stereocenters. The van der Waals surface area contributed by atoms with Crippen LogP contribution in [-0.2, 0) is 16.1 Å². The molecule has 0 aromatic carbocycles. The van der Waals surface area contributed by atoms with Gasteiger partial charge in [-0.15, -0.1) is 11.3 Å². The minimum absolute atomic E-state index is 0.0494. The first-order valence-corrected chi connectivity index (χ1v) is 6.46. The standard InChI is InChI=1S/C10H12BrNO2S/c11-9-2-1-8(15-9)5-12-10(13)7-3-4-14-6-7/h1-2,7H,3-6H2,(H,12,13). The Bertz CT molecular complexity index is 347. The van der Waals surface area contributed by atoms with E-state index in [1.807, 2.05) is 12.1 Å². The van der Waals surface area contributed by atoms with E-state index in [4.69, 9.17) is 4.74 Å². The fourth-order valence-corrected chi connectivity index (χ4v) is 2.93. The van der Waals surface area contributed by atoms with E-state index in [1.165, 1.54) is 0 Å². The zero-order chi connectivity index (χ0) is 10.7. The first-order chi connectivity index (χ1) is 7.25. The van der Waals surface area contributed by atoms with E-state index in [-0.39, 0.29) is 11.8 Å². The van der Waals surface area contributed by atoms with E-state index in [1.54, 1.807) is 11.3 Å². The van der Waals surface area contributed by atoms with Crippen LogP contribution in [0.15, 0.2) is 15.9 Å². The number of rotatable bonds is 3.